The van der Waals surface area contributed by atoms with Gasteiger partial charge >= 0.3 is 0 Å². The highest BCUT2D eigenvalue weighted by Gasteiger charge is 2.46. The summed E-state index contributed by atoms with van der Waals surface area (Å²) in [5, 5.41) is 4.83. The zero-order valence-corrected chi connectivity index (χ0v) is 28.4. The van der Waals surface area contributed by atoms with Crippen LogP contribution in [0.15, 0.2) is 194 Å². The van der Waals surface area contributed by atoms with Crippen molar-refractivity contribution in [3.05, 3.63) is 216 Å². The molecule has 2 aliphatic rings. The first-order valence-electron chi connectivity index (χ1n) is 18.0. The Bertz CT molecular complexity index is 2820. The molecule has 9 aromatic rings. The van der Waals surface area contributed by atoms with Crippen LogP contribution in [0.3, 0.4) is 0 Å². The van der Waals surface area contributed by atoms with E-state index < -0.39 is 5.41 Å². The van der Waals surface area contributed by atoms with Crippen LogP contribution in [0.25, 0.3) is 66.1 Å². The predicted octanol–water partition coefficient (Wildman–Crippen LogP) is 13.5. The molecule has 9 aromatic carbocycles. The molecule has 0 amide bonds. The van der Waals surface area contributed by atoms with E-state index in [0.29, 0.717) is 0 Å². The minimum Gasteiger partial charge on any atom is -0.456 e. The maximum atomic E-state index is 6.37. The van der Waals surface area contributed by atoms with Crippen LogP contribution in [0.4, 0.5) is 0 Å². The Balaban J connectivity index is 1.01. The van der Waals surface area contributed by atoms with Gasteiger partial charge in [0.15, 0.2) is 0 Å². The molecule has 0 fully saturated rings. The smallest absolute Gasteiger partial charge is 0.135 e. The highest BCUT2D eigenvalue weighted by Crippen LogP contribution is 2.56. The van der Waals surface area contributed by atoms with Gasteiger partial charge in [-0.2, -0.15) is 0 Å². The molecule has 242 valence electrons. The first kappa shape index (κ1) is 29.1. The lowest BCUT2D eigenvalue weighted by atomic mass is 9.67. The summed E-state index contributed by atoms with van der Waals surface area (Å²) in [4.78, 5) is 0. The number of hydrogen-bond donors (Lipinski definition) is 0. The molecule has 1 heterocycles. The number of hydrogen-bond acceptors (Lipinski definition) is 1. The lowest BCUT2D eigenvalue weighted by Crippen LogP contribution is -2.28. The van der Waals surface area contributed by atoms with Crippen molar-refractivity contribution in [2.24, 2.45) is 0 Å². The Labute approximate surface area is 303 Å². The third-order valence-corrected chi connectivity index (χ3v) is 11.3. The number of ether oxygens (including phenoxy) is 1. The average molecular weight is 661 g/mol. The molecule has 1 heteroatoms. The van der Waals surface area contributed by atoms with E-state index in [2.05, 4.69) is 194 Å². The van der Waals surface area contributed by atoms with E-state index in [0.717, 1.165) is 17.1 Å². The molecule has 11 rings (SSSR count). The molecule has 1 aliphatic heterocycles. The van der Waals surface area contributed by atoms with E-state index in [1.165, 1.54) is 82.7 Å². The molecule has 0 unspecified atom stereocenters. The minimum atomic E-state index is -0.413. The van der Waals surface area contributed by atoms with E-state index in [1.807, 2.05) is 0 Å². The Hall–Kier alpha value is -6.70. The van der Waals surface area contributed by atoms with Crippen molar-refractivity contribution in [1.29, 1.82) is 0 Å². The fraction of sp³-hybridized carbons (Fsp3) is 0.0196. The van der Waals surface area contributed by atoms with Gasteiger partial charge in [0, 0.05) is 10.9 Å². The van der Waals surface area contributed by atoms with Crippen LogP contribution < -0.4 is 4.74 Å². The average Bonchev–Trinajstić information content (AvgIpc) is 3.51. The topological polar surface area (TPSA) is 9.23 Å². The van der Waals surface area contributed by atoms with Crippen LogP contribution in [0.2, 0.25) is 0 Å². The van der Waals surface area contributed by atoms with Crippen molar-refractivity contribution in [2.75, 3.05) is 0 Å². The van der Waals surface area contributed by atoms with Gasteiger partial charge in [-0.3, -0.25) is 0 Å². The van der Waals surface area contributed by atoms with Gasteiger partial charge in [-0.1, -0.05) is 158 Å². The second-order valence-electron chi connectivity index (χ2n) is 14.0. The van der Waals surface area contributed by atoms with Crippen molar-refractivity contribution in [3.63, 3.8) is 0 Å². The Morgan fingerprint density at radius 1 is 0.308 bits per heavy atom. The minimum absolute atomic E-state index is 0.413. The SMILES string of the molecule is c1ccc(C2(c3ccccc3)c3ccccc3-c3ccc(-c4ccc5cc(-c6ccc7c(c6)-c6cccc8cccc(c68)O7)ccc5c4)cc32)cc1. The first-order valence-corrected chi connectivity index (χ1v) is 18.0. The molecule has 0 aromatic heterocycles. The van der Waals surface area contributed by atoms with E-state index in [1.54, 1.807) is 0 Å². The number of rotatable bonds is 4. The third-order valence-electron chi connectivity index (χ3n) is 11.3. The highest BCUT2D eigenvalue weighted by atomic mass is 16.5. The standard InChI is InChI=1S/C51H32O/c1-3-13-40(14-4-1)51(41-15-5-2-6-16-41)46-19-8-7-17-42(46)43-27-25-39(32-47(43)51)37-24-22-34-29-36(23-21-35(34)30-37)38-26-28-48-45(31-38)44-18-9-11-33-12-10-20-49(52-48)50(33)44/h1-32H. The van der Waals surface area contributed by atoms with Gasteiger partial charge in [0.25, 0.3) is 0 Å². The summed E-state index contributed by atoms with van der Waals surface area (Å²) in [5.41, 5.74) is 14.6. The van der Waals surface area contributed by atoms with Crippen molar-refractivity contribution >= 4 is 21.5 Å². The van der Waals surface area contributed by atoms with Gasteiger partial charge in [-0.05, 0) is 114 Å². The molecule has 0 saturated carbocycles. The summed E-state index contributed by atoms with van der Waals surface area (Å²) in [7, 11) is 0. The van der Waals surface area contributed by atoms with E-state index in [4.69, 9.17) is 4.74 Å². The summed E-state index contributed by atoms with van der Waals surface area (Å²) < 4.78 is 6.37. The normalized spacial score (nSPS) is 13.3. The Morgan fingerprint density at radius 2 is 0.865 bits per heavy atom. The summed E-state index contributed by atoms with van der Waals surface area (Å²) in [5.74, 6) is 1.83. The van der Waals surface area contributed by atoms with Gasteiger partial charge in [0.05, 0.1) is 5.41 Å². The molecule has 0 bridgehead atoms. The van der Waals surface area contributed by atoms with Crippen LogP contribution in [0.5, 0.6) is 11.5 Å². The number of fused-ring (bicyclic) bond motifs is 6. The first-order chi connectivity index (χ1) is 25.8. The lowest BCUT2D eigenvalue weighted by Gasteiger charge is -2.34. The lowest BCUT2D eigenvalue weighted by molar-refractivity contribution is 0.487. The monoisotopic (exact) mass is 660 g/mol. The predicted molar refractivity (Wildman–Crippen MR) is 215 cm³/mol. The van der Waals surface area contributed by atoms with Crippen LogP contribution in [0, 0.1) is 0 Å². The fourth-order valence-electron chi connectivity index (χ4n) is 8.97. The summed E-state index contributed by atoms with van der Waals surface area (Å²) >= 11 is 0. The van der Waals surface area contributed by atoms with Crippen molar-refractivity contribution < 1.29 is 4.74 Å². The van der Waals surface area contributed by atoms with Crippen molar-refractivity contribution in [3.8, 4) is 56.0 Å². The molecule has 0 N–H and O–H groups in total. The number of benzene rings is 9. The maximum absolute atomic E-state index is 6.37. The molecule has 52 heavy (non-hydrogen) atoms. The Kier molecular flexibility index (Phi) is 6.23. The largest absolute Gasteiger partial charge is 0.456 e. The molecule has 1 aliphatic carbocycles. The highest BCUT2D eigenvalue weighted by molar-refractivity contribution is 6.05. The summed E-state index contributed by atoms with van der Waals surface area (Å²) in [6, 6.07) is 71.1. The van der Waals surface area contributed by atoms with E-state index in [9.17, 15) is 0 Å². The van der Waals surface area contributed by atoms with Gasteiger partial charge in [0.1, 0.15) is 11.5 Å². The molecular formula is C51H32O. The summed E-state index contributed by atoms with van der Waals surface area (Å²) in [6.07, 6.45) is 0. The zero-order valence-electron chi connectivity index (χ0n) is 28.4. The molecule has 0 radical (unpaired) electrons. The quantitative estimate of drug-likeness (QED) is 0.183. The van der Waals surface area contributed by atoms with E-state index in [-0.39, 0.29) is 0 Å². The van der Waals surface area contributed by atoms with Gasteiger partial charge in [-0.15, -0.1) is 0 Å². The molecule has 0 spiro atoms. The van der Waals surface area contributed by atoms with Gasteiger partial charge in [0.2, 0.25) is 0 Å². The Morgan fingerprint density at radius 3 is 1.60 bits per heavy atom. The zero-order chi connectivity index (χ0) is 34.2. The van der Waals surface area contributed by atoms with Crippen LogP contribution >= 0.6 is 0 Å². The molecular weight excluding hydrogens is 629 g/mol. The van der Waals surface area contributed by atoms with Crippen LogP contribution in [-0.2, 0) is 5.41 Å². The van der Waals surface area contributed by atoms with Crippen molar-refractivity contribution in [1.82, 2.24) is 0 Å². The van der Waals surface area contributed by atoms with Crippen LogP contribution in [-0.4, -0.2) is 0 Å². The van der Waals surface area contributed by atoms with E-state index >= 15 is 0 Å². The van der Waals surface area contributed by atoms with Gasteiger partial charge < -0.3 is 4.74 Å². The third kappa shape index (κ3) is 4.17. The summed E-state index contributed by atoms with van der Waals surface area (Å²) in [6.45, 7) is 0. The van der Waals surface area contributed by atoms with Crippen LogP contribution in [0.1, 0.15) is 22.3 Å². The second kappa shape index (κ2) is 11.2. The van der Waals surface area contributed by atoms with Crippen molar-refractivity contribution in [2.45, 2.75) is 5.41 Å². The fourth-order valence-corrected chi connectivity index (χ4v) is 8.97. The molecule has 1 nitrogen and oxygen atoms in total. The maximum Gasteiger partial charge on any atom is 0.135 e. The van der Waals surface area contributed by atoms with Gasteiger partial charge in [-0.25, -0.2) is 0 Å². The second-order valence-corrected chi connectivity index (χ2v) is 14.0. The molecule has 0 atom stereocenters. The molecule has 0 saturated heterocycles.